The van der Waals surface area contributed by atoms with Gasteiger partial charge in [0.15, 0.2) is 5.96 Å². The quantitative estimate of drug-likeness (QED) is 0.136. The number of benzene rings is 2. The van der Waals surface area contributed by atoms with Crippen LogP contribution in [0.25, 0.3) is 22.3 Å². The van der Waals surface area contributed by atoms with E-state index >= 15 is 0 Å². The van der Waals surface area contributed by atoms with E-state index in [1.807, 2.05) is 24.3 Å². The lowest BCUT2D eigenvalue weighted by Gasteiger charge is -2.62. The molecule has 0 spiro atoms. The van der Waals surface area contributed by atoms with Crippen molar-refractivity contribution >= 4 is 22.5 Å². The van der Waals surface area contributed by atoms with Gasteiger partial charge in [-0.1, -0.05) is 26.8 Å². The molecule has 4 aliphatic rings. The number of piperazine rings is 1. The molecule has 4 fully saturated rings. The molecular weight excluding hydrogens is 643 g/mol. The smallest absolute Gasteiger partial charge is 0.261 e. The maximum absolute atomic E-state index is 14.9. The number of nitrogens with zero attached hydrogens (tertiary/aromatic N) is 7. The second-order valence-electron chi connectivity index (χ2n) is 15.1. The SMILES string of the molecule is COc1ccc(CCn2c(-c3cccnc3)nc3cc(N=C(N[C@H]4C[C@@H]5C[C@@H]([C@H]4C)C5(C)C)N4CCN(CC#N)[C@@H](C)C4)ccc3c2=O)c(F)c1. The number of guanidine groups is 1. The lowest BCUT2D eigenvalue weighted by atomic mass is 9.45. The van der Waals surface area contributed by atoms with Crippen molar-refractivity contribution in [3.63, 3.8) is 0 Å². The molecule has 0 unspecified atom stereocenters. The Morgan fingerprint density at radius 3 is 2.69 bits per heavy atom. The molecule has 2 aromatic heterocycles. The van der Waals surface area contributed by atoms with Crippen molar-refractivity contribution in [2.24, 2.45) is 28.2 Å². The van der Waals surface area contributed by atoms with Crippen LogP contribution >= 0.6 is 0 Å². The van der Waals surface area contributed by atoms with Crippen molar-refractivity contribution in [1.29, 1.82) is 5.26 Å². The highest BCUT2D eigenvalue weighted by Gasteiger charge is 2.56. The Hall–Kier alpha value is -4.82. The number of hydrogen-bond acceptors (Lipinski definition) is 7. The minimum atomic E-state index is -0.379. The van der Waals surface area contributed by atoms with Crippen LogP contribution in [0.1, 0.15) is 46.1 Å². The summed E-state index contributed by atoms with van der Waals surface area (Å²) in [5, 5.41) is 13.7. The minimum Gasteiger partial charge on any atom is -0.497 e. The van der Waals surface area contributed by atoms with Gasteiger partial charge in [-0.3, -0.25) is 19.2 Å². The van der Waals surface area contributed by atoms with E-state index in [1.165, 1.54) is 19.6 Å². The van der Waals surface area contributed by atoms with Gasteiger partial charge in [0, 0.05) is 62.3 Å². The van der Waals surface area contributed by atoms with E-state index in [-0.39, 0.29) is 24.0 Å². The van der Waals surface area contributed by atoms with Crippen molar-refractivity contribution in [2.75, 3.05) is 33.3 Å². The molecule has 11 heteroatoms. The molecule has 2 aromatic carbocycles. The van der Waals surface area contributed by atoms with Gasteiger partial charge in [0.2, 0.25) is 0 Å². The topological polar surface area (TPSA) is 112 Å². The zero-order valence-corrected chi connectivity index (χ0v) is 30.1. The van der Waals surface area contributed by atoms with Crippen molar-refractivity contribution in [1.82, 2.24) is 29.7 Å². The van der Waals surface area contributed by atoms with Gasteiger partial charge in [-0.15, -0.1) is 0 Å². The van der Waals surface area contributed by atoms with Gasteiger partial charge in [0.1, 0.15) is 17.4 Å². The molecule has 51 heavy (non-hydrogen) atoms. The summed E-state index contributed by atoms with van der Waals surface area (Å²) in [5.41, 5.74) is 2.58. The minimum absolute atomic E-state index is 0.201. The molecule has 0 amide bonds. The Balaban J connectivity index is 1.24. The second-order valence-corrected chi connectivity index (χ2v) is 15.1. The maximum Gasteiger partial charge on any atom is 0.261 e. The van der Waals surface area contributed by atoms with E-state index < -0.39 is 0 Å². The number of nitrogens with one attached hydrogen (secondary N) is 1. The Kier molecular flexibility index (Phi) is 9.55. The standard InChI is InChI=1S/C40H47FN8O2/c1-25-24-48(18-17-47(25)16-13-42)39(46-35-20-29-19-33(26(35)2)40(29,3)4)44-30-9-11-32-36(21-30)45-37(28-7-6-14-43-23-28)49(38(32)50)15-12-27-8-10-31(51-5)22-34(27)41/h6-11,14,21-23,25-26,29,33,35H,12,15-20,24H2,1-5H3,(H,44,46)/t25-,26+,29-,33-,35-/m0/s1. The highest BCUT2D eigenvalue weighted by molar-refractivity contribution is 5.87. The molecule has 3 aliphatic carbocycles. The summed E-state index contributed by atoms with van der Waals surface area (Å²) in [6.07, 6.45) is 6.07. The number of pyridine rings is 1. The summed E-state index contributed by atoms with van der Waals surface area (Å²) in [6.45, 7) is 12.3. The summed E-state index contributed by atoms with van der Waals surface area (Å²) < 4.78 is 21.6. The van der Waals surface area contributed by atoms with Crippen LogP contribution in [0, 0.1) is 40.3 Å². The van der Waals surface area contributed by atoms with E-state index in [9.17, 15) is 14.4 Å². The fourth-order valence-corrected chi connectivity index (χ4v) is 8.63. The van der Waals surface area contributed by atoms with Crippen LogP contribution in [0.3, 0.4) is 0 Å². The van der Waals surface area contributed by atoms with Crippen LogP contribution in [0.4, 0.5) is 10.1 Å². The van der Waals surface area contributed by atoms with E-state index in [1.54, 1.807) is 35.2 Å². The zero-order valence-electron chi connectivity index (χ0n) is 30.1. The average Bonchev–Trinajstić information content (AvgIpc) is 3.13. The monoisotopic (exact) mass is 690 g/mol. The first-order valence-electron chi connectivity index (χ1n) is 18.1. The molecule has 1 saturated heterocycles. The molecular formula is C40H47FN8O2. The maximum atomic E-state index is 14.9. The van der Waals surface area contributed by atoms with E-state index in [4.69, 9.17) is 14.7 Å². The predicted molar refractivity (Wildman–Crippen MR) is 197 cm³/mol. The average molecular weight is 691 g/mol. The summed E-state index contributed by atoms with van der Waals surface area (Å²) in [6, 6.07) is 16.8. The third-order valence-corrected chi connectivity index (χ3v) is 12.0. The van der Waals surface area contributed by atoms with Crippen LogP contribution in [-0.4, -0.2) is 75.7 Å². The number of methoxy groups -OCH3 is 1. The number of halogens is 1. The zero-order chi connectivity index (χ0) is 35.9. The molecule has 5 atom stereocenters. The number of nitriles is 1. The van der Waals surface area contributed by atoms with Gasteiger partial charge in [-0.2, -0.15) is 5.26 Å². The number of aliphatic imine (C=N–C) groups is 1. The van der Waals surface area contributed by atoms with Gasteiger partial charge in [-0.05, 0) is 91.3 Å². The van der Waals surface area contributed by atoms with Gasteiger partial charge in [-0.25, -0.2) is 14.4 Å². The highest BCUT2D eigenvalue weighted by Crippen LogP contribution is 2.61. The van der Waals surface area contributed by atoms with E-state index in [2.05, 4.69) is 53.9 Å². The molecule has 8 rings (SSSR count). The van der Waals surface area contributed by atoms with Crippen LogP contribution in [0.5, 0.6) is 5.75 Å². The largest absolute Gasteiger partial charge is 0.497 e. The number of fused-ring (bicyclic) bond motifs is 3. The molecule has 2 bridgehead atoms. The molecule has 4 aromatic rings. The van der Waals surface area contributed by atoms with Crippen molar-refractivity contribution in [2.45, 2.75) is 65.6 Å². The predicted octanol–water partition coefficient (Wildman–Crippen LogP) is 6.03. The fourth-order valence-electron chi connectivity index (χ4n) is 8.63. The Morgan fingerprint density at radius 1 is 1.16 bits per heavy atom. The molecule has 0 radical (unpaired) electrons. The fraction of sp³-hybridized carbons (Fsp3) is 0.475. The molecule has 3 heterocycles. The van der Waals surface area contributed by atoms with Gasteiger partial charge in [0.05, 0.1) is 36.3 Å². The Morgan fingerprint density at radius 2 is 2.00 bits per heavy atom. The first kappa shape index (κ1) is 34.6. The highest BCUT2D eigenvalue weighted by atomic mass is 19.1. The van der Waals surface area contributed by atoms with Crippen LogP contribution in [-0.2, 0) is 13.0 Å². The summed E-state index contributed by atoms with van der Waals surface area (Å²) in [4.78, 5) is 33.2. The third kappa shape index (κ3) is 6.69. The number of rotatable bonds is 8. The third-order valence-electron chi connectivity index (χ3n) is 12.0. The summed E-state index contributed by atoms with van der Waals surface area (Å²) in [7, 11) is 1.50. The first-order chi connectivity index (χ1) is 24.6. The van der Waals surface area contributed by atoms with Crippen molar-refractivity contribution < 1.29 is 9.13 Å². The molecule has 1 aliphatic heterocycles. The lowest BCUT2D eigenvalue weighted by Crippen LogP contribution is -2.63. The number of hydrogen-bond donors (Lipinski definition) is 1. The van der Waals surface area contributed by atoms with E-state index in [0.717, 1.165) is 32.0 Å². The van der Waals surface area contributed by atoms with Crippen molar-refractivity contribution in [3.05, 3.63) is 82.7 Å². The van der Waals surface area contributed by atoms with Crippen LogP contribution < -0.4 is 15.6 Å². The lowest BCUT2D eigenvalue weighted by molar-refractivity contribution is -0.112. The van der Waals surface area contributed by atoms with Gasteiger partial charge >= 0.3 is 0 Å². The number of aromatic nitrogens is 3. The number of ether oxygens (including phenoxy) is 1. The Bertz CT molecular complexity index is 2040. The van der Waals surface area contributed by atoms with Crippen LogP contribution in [0.15, 0.2) is 70.7 Å². The Labute approximate surface area is 299 Å². The number of aryl methyl sites for hydroxylation is 1. The van der Waals surface area contributed by atoms with Crippen molar-refractivity contribution in [3.8, 4) is 23.2 Å². The molecule has 10 nitrogen and oxygen atoms in total. The first-order valence-corrected chi connectivity index (χ1v) is 18.1. The normalized spacial score (nSPS) is 24.5. The van der Waals surface area contributed by atoms with Crippen LogP contribution in [0.2, 0.25) is 0 Å². The van der Waals surface area contributed by atoms with Gasteiger partial charge < -0.3 is 15.0 Å². The summed E-state index contributed by atoms with van der Waals surface area (Å²) >= 11 is 0. The summed E-state index contributed by atoms with van der Waals surface area (Å²) in [5.74, 6) is 3.25. The molecule has 3 saturated carbocycles. The molecule has 266 valence electrons. The molecule has 1 N–H and O–H groups in total. The van der Waals surface area contributed by atoms with E-state index in [0.29, 0.717) is 81.5 Å². The van der Waals surface area contributed by atoms with Gasteiger partial charge in [0.25, 0.3) is 5.56 Å². The second kappa shape index (κ2) is 14.1.